The zero-order valence-corrected chi connectivity index (χ0v) is 14.4. The summed E-state index contributed by atoms with van der Waals surface area (Å²) >= 11 is 0. The van der Waals surface area contributed by atoms with E-state index in [0.29, 0.717) is 26.3 Å². The lowest BCUT2D eigenvalue weighted by molar-refractivity contribution is -0.181. The summed E-state index contributed by atoms with van der Waals surface area (Å²) in [5.74, 6) is 0.506. The van der Waals surface area contributed by atoms with Gasteiger partial charge in [0.05, 0.1) is 20.3 Å². The summed E-state index contributed by atoms with van der Waals surface area (Å²) in [6, 6.07) is 1.94. The minimum Gasteiger partial charge on any atom is -0.496 e. The summed E-state index contributed by atoms with van der Waals surface area (Å²) in [5, 5.41) is 0. The second kappa shape index (κ2) is 6.13. The number of carbonyl (C=O) groups is 1. The quantitative estimate of drug-likeness (QED) is 0.841. The predicted octanol–water partition coefficient (Wildman–Crippen LogP) is 2.60. The van der Waals surface area contributed by atoms with E-state index < -0.39 is 5.79 Å². The van der Waals surface area contributed by atoms with Gasteiger partial charge in [0, 0.05) is 31.5 Å². The molecular formula is C18H25NO4. The highest BCUT2D eigenvalue weighted by Gasteiger charge is 2.41. The normalized spacial score (nSPS) is 20.1. The lowest BCUT2D eigenvalue weighted by atomic mass is 9.96. The maximum atomic E-state index is 12.9. The summed E-state index contributed by atoms with van der Waals surface area (Å²) < 4.78 is 16.9. The first-order valence-corrected chi connectivity index (χ1v) is 8.19. The molecule has 0 bridgehead atoms. The molecule has 0 radical (unpaired) electrons. The van der Waals surface area contributed by atoms with Gasteiger partial charge in [0.15, 0.2) is 5.79 Å². The summed E-state index contributed by atoms with van der Waals surface area (Å²) in [7, 11) is 1.67. The molecule has 0 aromatic heterocycles. The van der Waals surface area contributed by atoms with Gasteiger partial charge < -0.3 is 19.1 Å². The van der Waals surface area contributed by atoms with Crippen molar-refractivity contribution in [3.05, 3.63) is 28.3 Å². The van der Waals surface area contributed by atoms with Crippen LogP contribution in [0.4, 0.5) is 0 Å². The number of amides is 1. The Morgan fingerprint density at radius 3 is 2.30 bits per heavy atom. The third-order valence-corrected chi connectivity index (χ3v) is 5.09. The van der Waals surface area contributed by atoms with E-state index in [1.165, 1.54) is 0 Å². The first-order valence-electron chi connectivity index (χ1n) is 8.19. The predicted molar refractivity (Wildman–Crippen MR) is 87.0 cm³/mol. The second-order valence-corrected chi connectivity index (χ2v) is 6.42. The van der Waals surface area contributed by atoms with Crippen molar-refractivity contribution in [3.8, 4) is 5.75 Å². The van der Waals surface area contributed by atoms with Crippen LogP contribution in [0.25, 0.3) is 0 Å². The van der Waals surface area contributed by atoms with Gasteiger partial charge >= 0.3 is 0 Å². The van der Waals surface area contributed by atoms with Gasteiger partial charge in [0.2, 0.25) is 0 Å². The van der Waals surface area contributed by atoms with Crippen LogP contribution in [0.2, 0.25) is 0 Å². The standard InChI is InChI=1S/C18H25NO4/c1-12-11-15(13(2)14(3)16(12)21-4)17(20)19-7-5-18(6-8-19)22-9-10-23-18/h11H,5-10H2,1-4H3. The van der Waals surface area contributed by atoms with E-state index in [2.05, 4.69) is 0 Å². The Morgan fingerprint density at radius 2 is 1.74 bits per heavy atom. The van der Waals surface area contributed by atoms with Crippen LogP contribution in [0, 0.1) is 20.8 Å². The molecule has 1 amide bonds. The molecular weight excluding hydrogens is 294 g/mol. The largest absolute Gasteiger partial charge is 0.496 e. The Kier molecular flexibility index (Phi) is 4.34. The number of piperidine rings is 1. The van der Waals surface area contributed by atoms with Crippen molar-refractivity contribution >= 4 is 5.91 Å². The molecule has 1 spiro atoms. The number of ether oxygens (including phenoxy) is 3. The van der Waals surface area contributed by atoms with E-state index in [1.54, 1.807) is 7.11 Å². The summed E-state index contributed by atoms with van der Waals surface area (Å²) in [4.78, 5) is 14.8. The first kappa shape index (κ1) is 16.3. The molecule has 2 heterocycles. The van der Waals surface area contributed by atoms with Gasteiger partial charge in [-0.25, -0.2) is 0 Å². The van der Waals surface area contributed by atoms with E-state index in [9.17, 15) is 4.79 Å². The molecule has 0 aliphatic carbocycles. The van der Waals surface area contributed by atoms with Crippen molar-refractivity contribution in [3.63, 3.8) is 0 Å². The number of hydrogen-bond acceptors (Lipinski definition) is 4. The first-order chi connectivity index (χ1) is 11.0. The van der Waals surface area contributed by atoms with Gasteiger partial charge in [-0.1, -0.05) is 0 Å². The number of likely N-dealkylation sites (tertiary alicyclic amines) is 1. The fourth-order valence-corrected chi connectivity index (χ4v) is 3.60. The molecule has 23 heavy (non-hydrogen) atoms. The molecule has 0 unspecified atom stereocenters. The molecule has 2 saturated heterocycles. The third-order valence-electron chi connectivity index (χ3n) is 5.09. The minimum atomic E-state index is -0.447. The van der Waals surface area contributed by atoms with E-state index in [-0.39, 0.29) is 5.91 Å². The molecule has 3 rings (SSSR count). The van der Waals surface area contributed by atoms with E-state index >= 15 is 0 Å². The van der Waals surface area contributed by atoms with Crippen LogP contribution in [0.15, 0.2) is 6.07 Å². The number of carbonyl (C=O) groups excluding carboxylic acids is 1. The Balaban J connectivity index is 1.79. The number of hydrogen-bond donors (Lipinski definition) is 0. The average Bonchev–Trinajstić information content (AvgIpc) is 3.00. The van der Waals surface area contributed by atoms with Crippen molar-refractivity contribution in [2.24, 2.45) is 0 Å². The van der Waals surface area contributed by atoms with Crippen LogP contribution >= 0.6 is 0 Å². The fraction of sp³-hybridized carbons (Fsp3) is 0.611. The number of methoxy groups -OCH3 is 1. The molecule has 2 aliphatic rings. The number of aryl methyl sites for hydroxylation is 1. The molecule has 126 valence electrons. The highest BCUT2D eigenvalue weighted by atomic mass is 16.7. The summed E-state index contributed by atoms with van der Waals surface area (Å²) in [6.45, 7) is 8.62. The zero-order valence-electron chi connectivity index (χ0n) is 14.4. The van der Waals surface area contributed by atoms with Crippen molar-refractivity contribution in [2.45, 2.75) is 39.4 Å². The average molecular weight is 319 g/mol. The van der Waals surface area contributed by atoms with Crippen molar-refractivity contribution in [1.82, 2.24) is 4.90 Å². The van der Waals surface area contributed by atoms with Crippen LogP contribution in [0.5, 0.6) is 5.75 Å². The maximum absolute atomic E-state index is 12.9. The maximum Gasteiger partial charge on any atom is 0.254 e. The summed E-state index contributed by atoms with van der Waals surface area (Å²) in [5.41, 5.74) is 3.79. The van der Waals surface area contributed by atoms with E-state index in [4.69, 9.17) is 14.2 Å². The van der Waals surface area contributed by atoms with Gasteiger partial charge in [-0.2, -0.15) is 0 Å². The van der Waals surface area contributed by atoms with Gasteiger partial charge in [0.1, 0.15) is 5.75 Å². The van der Waals surface area contributed by atoms with Crippen LogP contribution in [-0.4, -0.2) is 50.0 Å². The Labute approximate surface area is 137 Å². The minimum absolute atomic E-state index is 0.0872. The van der Waals surface area contributed by atoms with E-state index in [0.717, 1.165) is 40.8 Å². The third kappa shape index (κ3) is 2.83. The lowest BCUT2D eigenvalue weighted by Gasteiger charge is -2.37. The van der Waals surface area contributed by atoms with Crippen molar-refractivity contribution in [2.75, 3.05) is 33.4 Å². The molecule has 1 aromatic rings. The van der Waals surface area contributed by atoms with Crippen LogP contribution in [-0.2, 0) is 9.47 Å². The molecule has 5 heteroatoms. The molecule has 2 aliphatic heterocycles. The topological polar surface area (TPSA) is 48.0 Å². The fourth-order valence-electron chi connectivity index (χ4n) is 3.60. The highest BCUT2D eigenvalue weighted by molar-refractivity contribution is 5.96. The second-order valence-electron chi connectivity index (χ2n) is 6.42. The molecule has 5 nitrogen and oxygen atoms in total. The van der Waals surface area contributed by atoms with Gasteiger partial charge in [0.25, 0.3) is 5.91 Å². The highest BCUT2D eigenvalue weighted by Crippen LogP contribution is 2.33. The Morgan fingerprint density at radius 1 is 1.13 bits per heavy atom. The smallest absolute Gasteiger partial charge is 0.254 e. The number of rotatable bonds is 2. The van der Waals surface area contributed by atoms with Crippen LogP contribution in [0.3, 0.4) is 0 Å². The molecule has 0 N–H and O–H groups in total. The summed E-state index contributed by atoms with van der Waals surface area (Å²) in [6.07, 6.45) is 1.48. The number of nitrogens with zero attached hydrogens (tertiary/aromatic N) is 1. The number of benzene rings is 1. The lowest BCUT2D eigenvalue weighted by Crippen LogP contribution is -2.47. The van der Waals surface area contributed by atoms with Gasteiger partial charge in [-0.15, -0.1) is 0 Å². The SMILES string of the molecule is COc1c(C)cc(C(=O)N2CCC3(CC2)OCCO3)c(C)c1C. The molecule has 2 fully saturated rings. The van der Waals surface area contributed by atoms with Gasteiger partial charge in [-0.05, 0) is 43.5 Å². The molecule has 0 saturated carbocycles. The molecule has 1 aromatic carbocycles. The van der Waals surface area contributed by atoms with Crippen molar-refractivity contribution in [1.29, 1.82) is 0 Å². The van der Waals surface area contributed by atoms with Gasteiger partial charge in [-0.3, -0.25) is 4.79 Å². The van der Waals surface area contributed by atoms with Crippen molar-refractivity contribution < 1.29 is 19.0 Å². The van der Waals surface area contributed by atoms with Crippen LogP contribution in [0.1, 0.15) is 39.9 Å². The monoisotopic (exact) mass is 319 g/mol. The Hall–Kier alpha value is -1.59. The van der Waals surface area contributed by atoms with E-state index in [1.807, 2.05) is 31.7 Å². The zero-order chi connectivity index (χ0) is 16.6. The van der Waals surface area contributed by atoms with Crippen LogP contribution < -0.4 is 4.74 Å². The molecule has 0 atom stereocenters. The Bertz CT molecular complexity index is 610.